The molecule has 4 heteroatoms. The summed E-state index contributed by atoms with van der Waals surface area (Å²) < 4.78 is 23.1. The van der Waals surface area contributed by atoms with Crippen LogP contribution in [0.25, 0.3) is 0 Å². The minimum Gasteiger partial charge on any atom is -0.369 e. The van der Waals surface area contributed by atoms with E-state index in [0.717, 1.165) is 5.69 Å². The summed E-state index contributed by atoms with van der Waals surface area (Å²) in [6.45, 7) is 0.552. The second-order valence-electron chi connectivity index (χ2n) is 3.26. The van der Waals surface area contributed by atoms with Gasteiger partial charge in [0.2, 0.25) is 0 Å². The molecule has 0 N–H and O–H groups in total. The highest BCUT2D eigenvalue weighted by atomic mass is 19.1. The van der Waals surface area contributed by atoms with E-state index in [1.165, 1.54) is 12.1 Å². The second-order valence-corrected chi connectivity index (χ2v) is 3.26. The summed E-state index contributed by atoms with van der Waals surface area (Å²) in [4.78, 5) is 1.88. The number of hydrogen-bond donors (Lipinski definition) is 0. The van der Waals surface area contributed by atoms with Gasteiger partial charge < -0.3 is 14.4 Å². The van der Waals surface area contributed by atoms with Gasteiger partial charge in [-0.2, -0.15) is 0 Å². The lowest BCUT2D eigenvalue weighted by Crippen LogP contribution is -2.31. The molecule has 0 saturated heterocycles. The molecule has 1 aromatic rings. The molecular weight excluding hydrogens is 197 g/mol. The van der Waals surface area contributed by atoms with E-state index in [1.54, 1.807) is 20.3 Å². The van der Waals surface area contributed by atoms with E-state index < -0.39 is 0 Å². The monoisotopic (exact) mass is 213 g/mol. The number of rotatable bonds is 5. The maximum absolute atomic E-state index is 12.9. The van der Waals surface area contributed by atoms with Gasteiger partial charge in [0.15, 0.2) is 6.29 Å². The number of anilines is 1. The Morgan fingerprint density at radius 2 is 2.00 bits per heavy atom. The van der Waals surface area contributed by atoms with E-state index in [2.05, 4.69) is 0 Å². The van der Waals surface area contributed by atoms with Gasteiger partial charge >= 0.3 is 0 Å². The van der Waals surface area contributed by atoms with Crippen molar-refractivity contribution in [1.29, 1.82) is 0 Å². The van der Waals surface area contributed by atoms with E-state index in [9.17, 15) is 4.39 Å². The van der Waals surface area contributed by atoms with Crippen LogP contribution in [0.1, 0.15) is 0 Å². The van der Waals surface area contributed by atoms with E-state index >= 15 is 0 Å². The summed E-state index contributed by atoms with van der Waals surface area (Å²) in [5.41, 5.74) is 0.800. The van der Waals surface area contributed by atoms with Crippen molar-refractivity contribution in [2.45, 2.75) is 6.29 Å². The molecule has 0 unspecified atom stereocenters. The molecule has 0 fully saturated rings. The van der Waals surface area contributed by atoms with Crippen molar-refractivity contribution >= 4 is 5.69 Å². The zero-order valence-electron chi connectivity index (χ0n) is 9.24. The summed E-state index contributed by atoms with van der Waals surface area (Å²) in [7, 11) is 5.01. The van der Waals surface area contributed by atoms with Crippen molar-refractivity contribution < 1.29 is 13.9 Å². The number of nitrogens with zero attached hydrogens (tertiary/aromatic N) is 1. The summed E-state index contributed by atoms with van der Waals surface area (Å²) in [5.74, 6) is -0.245. The fourth-order valence-corrected chi connectivity index (χ4v) is 1.29. The fraction of sp³-hybridized carbons (Fsp3) is 0.455. The van der Waals surface area contributed by atoms with Gasteiger partial charge in [0.05, 0.1) is 6.54 Å². The molecular formula is C11H16FNO2. The number of likely N-dealkylation sites (N-methyl/N-ethyl adjacent to an activating group) is 1. The Kier molecular flexibility index (Phi) is 4.52. The molecule has 0 atom stereocenters. The first-order valence-electron chi connectivity index (χ1n) is 4.69. The van der Waals surface area contributed by atoms with Gasteiger partial charge in [-0.3, -0.25) is 0 Å². The average Bonchev–Trinajstić information content (AvgIpc) is 2.25. The number of methoxy groups -OCH3 is 2. The normalized spacial score (nSPS) is 10.7. The standard InChI is InChI=1S/C11H16FNO2/c1-13(8-11(14-2)15-3)10-6-4-5-9(12)7-10/h4-7,11H,8H2,1-3H3. The summed E-state index contributed by atoms with van der Waals surface area (Å²) in [5, 5.41) is 0. The van der Waals surface area contributed by atoms with Crippen molar-refractivity contribution in [3.8, 4) is 0 Å². The molecule has 1 rings (SSSR count). The first kappa shape index (κ1) is 11.9. The lowest BCUT2D eigenvalue weighted by molar-refractivity contribution is -0.0944. The highest BCUT2D eigenvalue weighted by Gasteiger charge is 2.09. The predicted octanol–water partition coefficient (Wildman–Crippen LogP) is 1.88. The van der Waals surface area contributed by atoms with Crippen LogP contribution in [-0.4, -0.2) is 34.1 Å². The van der Waals surface area contributed by atoms with Crippen molar-refractivity contribution in [1.82, 2.24) is 0 Å². The molecule has 0 aliphatic carbocycles. The maximum atomic E-state index is 12.9. The SMILES string of the molecule is COC(CN(C)c1cccc(F)c1)OC. The van der Waals surface area contributed by atoms with E-state index in [4.69, 9.17) is 9.47 Å². The van der Waals surface area contributed by atoms with Crippen LogP contribution >= 0.6 is 0 Å². The van der Waals surface area contributed by atoms with Crippen LogP contribution in [0.5, 0.6) is 0 Å². The molecule has 0 saturated carbocycles. The Bertz CT molecular complexity index is 302. The van der Waals surface area contributed by atoms with E-state index in [1.807, 2.05) is 18.0 Å². The molecule has 0 radical (unpaired) electrons. The van der Waals surface area contributed by atoms with Crippen LogP contribution < -0.4 is 4.90 Å². The number of halogens is 1. The third kappa shape index (κ3) is 3.49. The zero-order chi connectivity index (χ0) is 11.3. The number of ether oxygens (including phenoxy) is 2. The highest BCUT2D eigenvalue weighted by Crippen LogP contribution is 2.14. The summed E-state index contributed by atoms with van der Waals surface area (Å²) in [6.07, 6.45) is -0.307. The van der Waals surface area contributed by atoms with Gasteiger partial charge in [-0.15, -0.1) is 0 Å². The van der Waals surface area contributed by atoms with Crippen LogP contribution in [-0.2, 0) is 9.47 Å². The molecule has 0 spiro atoms. The van der Waals surface area contributed by atoms with Gasteiger partial charge in [-0.1, -0.05) is 6.07 Å². The van der Waals surface area contributed by atoms with Gasteiger partial charge in [-0.05, 0) is 18.2 Å². The molecule has 15 heavy (non-hydrogen) atoms. The molecule has 0 bridgehead atoms. The Morgan fingerprint density at radius 3 is 2.53 bits per heavy atom. The summed E-state index contributed by atoms with van der Waals surface area (Å²) in [6, 6.07) is 6.41. The van der Waals surface area contributed by atoms with Crippen LogP contribution in [0.3, 0.4) is 0 Å². The molecule has 0 heterocycles. The quantitative estimate of drug-likeness (QED) is 0.697. The Balaban J connectivity index is 2.64. The largest absolute Gasteiger partial charge is 0.369 e. The van der Waals surface area contributed by atoms with E-state index in [0.29, 0.717) is 6.54 Å². The van der Waals surface area contributed by atoms with Crippen LogP contribution in [0.4, 0.5) is 10.1 Å². The van der Waals surface area contributed by atoms with Gasteiger partial charge in [-0.25, -0.2) is 4.39 Å². The highest BCUT2D eigenvalue weighted by molar-refractivity contribution is 5.45. The summed E-state index contributed by atoms with van der Waals surface area (Å²) >= 11 is 0. The molecule has 0 aliphatic rings. The van der Waals surface area contributed by atoms with Gasteiger partial charge in [0.25, 0.3) is 0 Å². The van der Waals surface area contributed by atoms with Crippen LogP contribution in [0, 0.1) is 5.82 Å². The van der Waals surface area contributed by atoms with Crippen LogP contribution in [0.15, 0.2) is 24.3 Å². The Hall–Kier alpha value is -1.13. The smallest absolute Gasteiger partial charge is 0.174 e. The minimum absolute atomic E-state index is 0.245. The van der Waals surface area contributed by atoms with Crippen molar-refractivity contribution in [2.75, 3.05) is 32.7 Å². The van der Waals surface area contributed by atoms with E-state index in [-0.39, 0.29) is 12.1 Å². The zero-order valence-corrected chi connectivity index (χ0v) is 9.24. The Labute approximate surface area is 89.4 Å². The number of benzene rings is 1. The molecule has 1 aromatic carbocycles. The molecule has 0 aromatic heterocycles. The maximum Gasteiger partial charge on any atom is 0.174 e. The molecule has 0 amide bonds. The van der Waals surface area contributed by atoms with Crippen LogP contribution in [0.2, 0.25) is 0 Å². The van der Waals surface area contributed by atoms with Crippen molar-refractivity contribution in [3.05, 3.63) is 30.1 Å². The first-order valence-corrected chi connectivity index (χ1v) is 4.69. The number of hydrogen-bond acceptors (Lipinski definition) is 3. The third-order valence-electron chi connectivity index (χ3n) is 2.20. The lowest BCUT2D eigenvalue weighted by Gasteiger charge is -2.23. The Morgan fingerprint density at radius 1 is 1.33 bits per heavy atom. The fourth-order valence-electron chi connectivity index (χ4n) is 1.29. The first-order chi connectivity index (χ1) is 7.17. The average molecular weight is 213 g/mol. The molecule has 0 aliphatic heterocycles. The lowest BCUT2D eigenvalue weighted by atomic mass is 10.3. The second kappa shape index (κ2) is 5.68. The van der Waals surface area contributed by atoms with Gasteiger partial charge in [0, 0.05) is 27.0 Å². The van der Waals surface area contributed by atoms with Gasteiger partial charge in [0.1, 0.15) is 5.82 Å². The topological polar surface area (TPSA) is 21.7 Å². The van der Waals surface area contributed by atoms with Crippen molar-refractivity contribution in [3.63, 3.8) is 0 Å². The predicted molar refractivity (Wildman–Crippen MR) is 57.5 cm³/mol. The molecule has 84 valence electrons. The minimum atomic E-state index is -0.307. The third-order valence-corrected chi connectivity index (χ3v) is 2.20. The van der Waals surface area contributed by atoms with Crippen molar-refractivity contribution in [2.24, 2.45) is 0 Å². The molecule has 3 nitrogen and oxygen atoms in total.